The lowest BCUT2D eigenvalue weighted by molar-refractivity contribution is 0.411. The van der Waals surface area contributed by atoms with Crippen molar-refractivity contribution >= 4 is 16.8 Å². The van der Waals surface area contributed by atoms with E-state index in [0.29, 0.717) is 11.3 Å². The summed E-state index contributed by atoms with van der Waals surface area (Å²) in [5, 5.41) is 4.25. The first-order chi connectivity index (χ1) is 14.2. The third-order valence-corrected chi connectivity index (χ3v) is 5.10. The highest BCUT2D eigenvalue weighted by atomic mass is 19.1. The third-order valence-electron chi connectivity index (χ3n) is 5.10. The maximum Gasteiger partial charge on any atom is 0.176 e. The Labute approximate surface area is 167 Å². The molecule has 0 saturated heterocycles. The molecule has 0 bridgehead atoms. The van der Waals surface area contributed by atoms with E-state index in [1.165, 1.54) is 12.1 Å². The number of furan rings is 1. The summed E-state index contributed by atoms with van der Waals surface area (Å²) in [7, 11) is 1.62. The number of methoxy groups -OCH3 is 1. The van der Waals surface area contributed by atoms with Crippen LogP contribution in [0.2, 0.25) is 0 Å². The molecule has 1 aliphatic heterocycles. The van der Waals surface area contributed by atoms with Crippen molar-refractivity contribution in [3.63, 3.8) is 0 Å². The van der Waals surface area contributed by atoms with Gasteiger partial charge in [-0.3, -0.25) is 4.99 Å². The Balaban J connectivity index is 1.65. The first kappa shape index (κ1) is 17.5. The standard InChI is InChI=1S/C24H19FN2O2/c1-28-22-13-16(15-6-8-18(25)9-7-15)12-17-14-21(29-23(17)22)19-4-2-3-5-20(19)24-26-10-11-27-24/h2-9,12-14H,10-11H2,1H3,(H,26,27). The number of fused-ring (bicyclic) bond motifs is 1. The van der Waals surface area contributed by atoms with Crippen molar-refractivity contribution < 1.29 is 13.5 Å². The minimum atomic E-state index is -0.257. The van der Waals surface area contributed by atoms with Crippen LogP contribution in [0.15, 0.2) is 76.1 Å². The molecule has 5 rings (SSSR count). The number of hydrogen-bond donors (Lipinski definition) is 1. The lowest BCUT2D eigenvalue weighted by Gasteiger charge is -2.08. The van der Waals surface area contributed by atoms with Gasteiger partial charge in [-0.15, -0.1) is 0 Å². The fourth-order valence-corrected chi connectivity index (χ4v) is 3.70. The second kappa shape index (κ2) is 7.09. The molecule has 0 saturated carbocycles. The molecule has 0 fully saturated rings. The molecular weight excluding hydrogens is 367 g/mol. The van der Waals surface area contributed by atoms with Crippen LogP contribution in [0.5, 0.6) is 5.75 Å². The molecule has 2 heterocycles. The van der Waals surface area contributed by atoms with Crippen molar-refractivity contribution in [2.24, 2.45) is 4.99 Å². The molecule has 3 aromatic carbocycles. The molecule has 0 aliphatic carbocycles. The zero-order valence-electron chi connectivity index (χ0n) is 15.9. The minimum Gasteiger partial charge on any atom is -0.493 e. The molecule has 1 aromatic heterocycles. The van der Waals surface area contributed by atoms with Gasteiger partial charge in [-0.1, -0.05) is 36.4 Å². The first-order valence-electron chi connectivity index (χ1n) is 9.48. The zero-order valence-corrected chi connectivity index (χ0v) is 15.9. The van der Waals surface area contributed by atoms with Crippen LogP contribution in [0.25, 0.3) is 33.4 Å². The van der Waals surface area contributed by atoms with E-state index < -0.39 is 0 Å². The summed E-state index contributed by atoms with van der Waals surface area (Å²) in [6, 6.07) is 20.5. The molecule has 29 heavy (non-hydrogen) atoms. The van der Waals surface area contributed by atoms with E-state index in [1.807, 2.05) is 42.5 Å². The van der Waals surface area contributed by atoms with Gasteiger partial charge in [0.25, 0.3) is 0 Å². The van der Waals surface area contributed by atoms with E-state index in [-0.39, 0.29) is 5.82 Å². The van der Waals surface area contributed by atoms with Crippen LogP contribution in [0.3, 0.4) is 0 Å². The Kier molecular flexibility index (Phi) is 4.28. The molecule has 0 unspecified atom stereocenters. The summed E-state index contributed by atoms with van der Waals surface area (Å²) >= 11 is 0. The molecule has 0 radical (unpaired) electrons. The highest BCUT2D eigenvalue weighted by Crippen LogP contribution is 2.38. The lowest BCUT2D eigenvalue weighted by Crippen LogP contribution is -2.20. The van der Waals surface area contributed by atoms with Crippen LogP contribution in [0.4, 0.5) is 4.39 Å². The van der Waals surface area contributed by atoms with Crippen molar-refractivity contribution in [1.82, 2.24) is 5.32 Å². The molecule has 0 atom stereocenters. The number of rotatable bonds is 4. The van der Waals surface area contributed by atoms with E-state index in [0.717, 1.165) is 52.3 Å². The van der Waals surface area contributed by atoms with Crippen molar-refractivity contribution in [1.29, 1.82) is 0 Å². The van der Waals surface area contributed by atoms with E-state index in [1.54, 1.807) is 19.2 Å². The van der Waals surface area contributed by atoms with Crippen LogP contribution >= 0.6 is 0 Å². The lowest BCUT2D eigenvalue weighted by atomic mass is 10.0. The van der Waals surface area contributed by atoms with Gasteiger partial charge in [0.1, 0.15) is 17.4 Å². The molecule has 144 valence electrons. The van der Waals surface area contributed by atoms with Gasteiger partial charge in [-0.2, -0.15) is 0 Å². The fourth-order valence-electron chi connectivity index (χ4n) is 3.70. The van der Waals surface area contributed by atoms with E-state index >= 15 is 0 Å². The van der Waals surface area contributed by atoms with Crippen LogP contribution in [0, 0.1) is 5.82 Å². The number of nitrogens with one attached hydrogen (secondary N) is 1. The topological polar surface area (TPSA) is 46.8 Å². The Morgan fingerprint density at radius 3 is 2.48 bits per heavy atom. The van der Waals surface area contributed by atoms with Gasteiger partial charge in [0.2, 0.25) is 0 Å². The average Bonchev–Trinajstić information content (AvgIpc) is 3.43. The number of nitrogens with zero attached hydrogens (tertiary/aromatic N) is 1. The van der Waals surface area contributed by atoms with Gasteiger partial charge in [-0.05, 0) is 41.5 Å². The molecule has 4 aromatic rings. The largest absolute Gasteiger partial charge is 0.493 e. The summed E-state index contributed by atoms with van der Waals surface area (Å²) < 4.78 is 25.1. The number of benzene rings is 3. The first-order valence-corrected chi connectivity index (χ1v) is 9.48. The summed E-state index contributed by atoms with van der Waals surface area (Å²) in [6.07, 6.45) is 0. The summed E-state index contributed by atoms with van der Waals surface area (Å²) in [6.45, 7) is 1.62. The van der Waals surface area contributed by atoms with E-state index in [9.17, 15) is 4.39 Å². The SMILES string of the molecule is COc1cc(-c2ccc(F)cc2)cc2cc(-c3ccccc3C3=NCCN3)oc12. The monoisotopic (exact) mass is 386 g/mol. The van der Waals surface area contributed by atoms with Crippen LogP contribution in [0.1, 0.15) is 5.56 Å². The number of hydrogen-bond acceptors (Lipinski definition) is 4. The Hall–Kier alpha value is -3.60. The molecular formula is C24H19FN2O2. The van der Waals surface area contributed by atoms with E-state index in [4.69, 9.17) is 9.15 Å². The number of aliphatic imine (C=N–C) groups is 1. The molecule has 1 aliphatic rings. The highest BCUT2D eigenvalue weighted by molar-refractivity contribution is 6.05. The normalized spacial score (nSPS) is 13.4. The average molecular weight is 386 g/mol. The van der Waals surface area contributed by atoms with Crippen molar-refractivity contribution in [3.05, 3.63) is 78.1 Å². The zero-order chi connectivity index (χ0) is 19.8. The summed E-state index contributed by atoms with van der Waals surface area (Å²) in [4.78, 5) is 4.55. The second-order valence-corrected chi connectivity index (χ2v) is 6.92. The quantitative estimate of drug-likeness (QED) is 0.520. The van der Waals surface area contributed by atoms with Gasteiger partial charge >= 0.3 is 0 Å². The molecule has 5 heteroatoms. The highest BCUT2D eigenvalue weighted by Gasteiger charge is 2.18. The number of amidine groups is 1. The molecule has 0 amide bonds. The van der Waals surface area contributed by atoms with Gasteiger partial charge in [0.15, 0.2) is 11.3 Å². The molecule has 1 N–H and O–H groups in total. The Morgan fingerprint density at radius 1 is 0.966 bits per heavy atom. The van der Waals surface area contributed by atoms with Gasteiger partial charge in [0.05, 0.1) is 13.7 Å². The number of ether oxygens (including phenoxy) is 1. The van der Waals surface area contributed by atoms with Crippen molar-refractivity contribution in [2.75, 3.05) is 20.2 Å². The smallest absolute Gasteiger partial charge is 0.176 e. The summed E-state index contributed by atoms with van der Waals surface area (Å²) in [5.74, 6) is 2.02. The van der Waals surface area contributed by atoms with Crippen molar-refractivity contribution in [2.45, 2.75) is 0 Å². The fraction of sp³-hybridized carbons (Fsp3) is 0.125. The summed E-state index contributed by atoms with van der Waals surface area (Å²) in [5.41, 5.74) is 4.53. The van der Waals surface area contributed by atoms with Gasteiger partial charge < -0.3 is 14.5 Å². The third kappa shape index (κ3) is 3.14. The van der Waals surface area contributed by atoms with E-state index in [2.05, 4.69) is 10.3 Å². The van der Waals surface area contributed by atoms with Crippen LogP contribution in [-0.2, 0) is 0 Å². The molecule has 0 spiro atoms. The second-order valence-electron chi connectivity index (χ2n) is 6.92. The van der Waals surface area contributed by atoms with Crippen LogP contribution in [-0.4, -0.2) is 26.0 Å². The Bertz CT molecular complexity index is 1230. The van der Waals surface area contributed by atoms with Gasteiger partial charge in [0, 0.05) is 23.1 Å². The Morgan fingerprint density at radius 2 is 1.76 bits per heavy atom. The predicted molar refractivity (Wildman–Crippen MR) is 113 cm³/mol. The maximum atomic E-state index is 13.3. The predicted octanol–water partition coefficient (Wildman–Crippen LogP) is 5.26. The van der Waals surface area contributed by atoms with Crippen molar-refractivity contribution in [3.8, 4) is 28.2 Å². The maximum absolute atomic E-state index is 13.3. The number of halogens is 1. The van der Waals surface area contributed by atoms with Crippen LogP contribution < -0.4 is 10.1 Å². The molecule has 4 nitrogen and oxygen atoms in total. The minimum absolute atomic E-state index is 0.257. The van der Waals surface area contributed by atoms with Gasteiger partial charge in [-0.25, -0.2) is 4.39 Å².